The molecular formula is C22H15Cl2F5N2O. The van der Waals surface area contributed by atoms with Gasteiger partial charge in [0.25, 0.3) is 11.8 Å². The number of nitrogens with zero attached hydrogens (tertiary/aromatic N) is 2. The Morgan fingerprint density at radius 1 is 0.938 bits per heavy atom. The molecule has 3 nitrogen and oxygen atoms in total. The maximum Gasteiger partial charge on any atom is 0.432 e. The Morgan fingerprint density at radius 2 is 1.44 bits per heavy atom. The van der Waals surface area contributed by atoms with Crippen molar-refractivity contribution >= 4 is 29.1 Å². The van der Waals surface area contributed by atoms with Gasteiger partial charge in [0, 0.05) is 21.3 Å². The van der Waals surface area contributed by atoms with E-state index in [2.05, 4.69) is 0 Å². The summed E-state index contributed by atoms with van der Waals surface area (Å²) in [5.41, 5.74) is -1.29. The molecule has 1 aromatic heterocycles. The van der Waals surface area contributed by atoms with Gasteiger partial charge in [-0.1, -0.05) is 35.3 Å². The molecule has 0 atom stereocenters. The van der Waals surface area contributed by atoms with Gasteiger partial charge in [-0.25, -0.2) is 8.78 Å². The van der Waals surface area contributed by atoms with E-state index in [-0.39, 0.29) is 22.5 Å². The quantitative estimate of drug-likeness (QED) is 0.369. The third-order valence-electron chi connectivity index (χ3n) is 5.23. The molecule has 168 valence electrons. The fourth-order valence-electron chi connectivity index (χ4n) is 3.85. The van der Waals surface area contributed by atoms with Crippen LogP contribution in [-0.2, 0) is 6.18 Å². The van der Waals surface area contributed by atoms with Crippen molar-refractivity contribution in [2.24, 2.45) is 0 Å². The highest BCUT2D eigenvalue weighted by atomic mass is 35.5. The topological polar surface area (TPSA) is 25.2 Å². The average molecular weight is 489 g/mol. The fourth-order valence-corrected chi connectivity index (χ4v) is 4.10. The zero-order chi connectivity index (χ0) is 23.4. The molecule has 0 saturated carbocycles. The van der Waals surface area contributed by atoms with Crippen LogP contribution in [0.15, 0.2) is 48.5 Å². The molecule has 10 heteroatoms. The lowest BCUT2D eigenvalue weighted by Gasteiger charge is -2.39. The number of amides is 1. The molecule has 0 radical (unpaired) electrons. The monoisotopic (exact) mass is 488 g/mol. The van der Waals surface area contributed by atoms with Gasteiger partial charge in [-0.3, -0.25) is 4.79 Å². The number of likely N-dealkylation sites (tertiary alicyclic amines) is 1. The Labute approximate surface area is 190 Å². The predicted molar refractivity (Wildman–Crippen MR) is 112 cm³/mol. The van der Waals surface area contributed by atoms with Gasteiger partial charge in [0.2, 0.25) is 0 Å². The lowest BCUT2D eigenvalue weighted by atomic mass is 9.99. The van der Waals surface area contributed by atoms with E-state index in [1.54, 1.807) is 0 Å². The Morgan fingerprint density at radius 3 is 1.91 bits per heavy atom. The Bertz CT molecular complexity index is 1180. The van der Waals surface area contributed by atoms with Gasteiger partial charge in [-0.05, 0) is 54.4 Å². The summed E-state index contributed by atoms with van der Waals surface area (Å²) in [7, 11) is 0. The van der Waals surface area contributed by atoms with E-state index in [1.807, 2.05) is 0 Å². The first-order valence-corrected chi connectivity index (χ1v) is 10.2. The summed E-state index contributed by atoms with van der Waals surface area (Å²) in [6, 6.07) is 11.4. The zero-order valence-electron chi connectivity index (χ0n) is 16.5. The molecule has 0 unspecified atom stereocenters. The third-order valence-corrected chi connectivity index (χ3v) is 5.74. The minimum atomic E-state index is -4.83. The van der Waals surface area contributed by atoms with Gasteiger partial charge in [0.05, 0.1) is 13.1 Å². The minimum Gasteiger partial charge on any atom is -0.325 e. The van der Waals surface area contributed by atoms with E-state index < -0.39 is 36.8 Å². The predicted octanol–water partition coefficient (Wildman–Crippen LogP) is 6.87. The highest BCUT2D eigenvalue weighted by Gasteiger charge is 2.49. The van der Waals surface area contributed by atoms with E-state index in [0.717, 1.165) is 9.47 Å². The maximum atomic E-state index is 14.2. The van der Waals surface area contributed by atoms with Gasteiger partial charge < -0.3 is 9.47 Å². The zero-order valence-corrected chi connectivity index (χ0v) is 18.0. The lowest BCUT2D eigenvalue weighted by molar-refractivity contribution is -0.142. The molecule has 1 amide bonds. The van der Waals surface area contributed by atoms with Gasteiger partial charge in [0.15, 0.2) is 0 Å². The van der Waals surface area contributed by atoms with Crippen molar-refractivity contribution in [3.63, 3.8) is 0 Å². The van der Waals surface area contributed by atoms with Crippen LogP contribution in [0.2, 0.25) is 10.0 Å². The van der Waals surface area contributed by atoms with Crippen molar-refractivity contribution in [3.05, 3.63) is 75.5 Å². The fraction of sp³-hybridized carbons (Fsp3) is 0.227. The molecule has 32 heavy (non-hydrogen) atoms. The molecule has 2 aromatic carbocycles. The largest absolute Gasteiger partial charge is 0.432 e. The van der Waals surface area contributed by atoms with Crippen LogP contribution >= 0.6 is 23.2 Å². The van der Waals surface area contributed by atoms with E-state index in [1.165, 1.54) is 55.5 Å². The first-order chi connectivity index (χ1) is 14.9. The van der Waals surface area contributed by atoms with Crippen LogP contribution < -0.4 is 0 Å². The lowest BCUT2D eigenvalue weighted by Crippen LogP contribution is -2.58. The molecule has 4 rings (SSSR count). The second-order valence-corrected chi connectivity index (χ2v) is 8.40. The Kier molecular flexibility index (Phi) is 5.49. The summed E-state index contributed by atoms with van der Waals surface area (Å²) >= 11 is 11.8. The molecule has 0 N–H and O–H groups in total. The van der Waals surface area contributed by atoms with Crippen LogP contribution in [0, 0.1) is 6.92 Å². The second-order valence-electron chi connectivity index (χ2n) is 7.53. The maximum absolute atomic E-state index is 14.2. The summed E-state index contributed by atoms with van der Waals surface area (Å²) < 4.78 is 70.4. The number of hydrogen-bond acceptors (Lipinski definition) is 1. The highest BCUT2D eigenvalue weighted by molar-refractivity contribution is 6.31. The number of alkyl halides is 5. The number of benzene rings is 2. The smallest absolute Gasteiger partial charge is 0.325 e. The van der Waals surface area contributed by atoms with Gasteiger partial charge in [-0.15, -0.1) is 0 Å². The SMILES string of the molecule is Cc1c(-c2ccc(Cl)cc2)c(C(=O)N2CC(F)(F)C2)n(-c2ccc(Cl)cc2)c1C(F)(F)F. The van der Waals surface area contributed by atoms with Crippen LogP contribution in [0.1, 0.15) is 21.7 Å². The molecule has 3 aromatic rings. The first-order valence-electron chi connectivity index (χ1n) is 9.40. The Balaban J connectivity index is 2.04. The molecule has 0 bridgehead atoms. The van der Waals surface area contributed by atoms with Crippen molar-refractivity contribution in [2.75, 3.05) is 13.1 Å². The summed E-state index contributed by atoms with van der Waals surface area (Å²) in [5, 5.41) is 0.647. The van der Waals surface area contributed by atoms with Crippen LogP contribution in [0.4, 0.5) is 22.0 Å². The Hall–Kier alpha value is -2.58. The summed E-state index contributed by atoms with van der Waals surface area (Å²) in [6.07, 6.45) is -4.83. The molecule has 1 aliphatic heterocycles. The molecular weight excluding hydrogens is 474 g/mol. The number of halogens is 7. The number of rotatable bonds is 3. The highest BCUT2D eigenvalue weighted by Crippen LogP contribution is 2.44. The van der Waals surface area contributed by atoms with Crippen molar-refractivity contribution in [3.8, 4) is 16.8 Å². The van der Waals surface area contributed by atoms with E-state index in [4.69, 9.17) is 23.2 Å². The van der Waals surface area contributed by atoms with Crippen molar-refractivity contribution in [1.29, 1.82) is 0 Å². The van der Waals surface area contributed by atoms with Crippen LogP contribution in [0.3, 0.4) is 0 Å². The summed E-state index contributed by atoms with van der Waals surface area (Å²) in [6.45, 7) is -0.475. The second kappa shape index (κ2) is 7.78. The minimum absolute atomic E-state index is 0.00385. The van der Waals surface area contributed by atoms with Crippen LogP contribution in [0.5, 0.6) is 0 Å². The van der Waals surface area contributed by atoms with Crippen LogP contribution in [0.25, 0.3) is 16.8 Å². The molecule has 1 fully saturated rings. The molecule has 1 aliphatic rings. The van der Waals surface area contributed by atoms with Crippen molar-refractivity contribution < 1.29 is 26.7 Å². The van der Waals surface area contributed by atoms with Crippen molar-refractivity contribution in [2.45, 2.75) is 19.0 Å². The number of carbonyl (C=O) groups excluding carboxylic acids is 1. The van der Waals surface area contributed by atoms with Crippen molar-refractivity contribution in [1.82, 2.24) is 9.47 Å². The molecule has 0 aliphatic carbocycles. The molecule has 0 spiro atoms. The summed E-state index contributed by atoms with van der Waals surface area (Å²) in [5.74, 6) is -4.00. The molecule has 1 saturated heterocycles. The van der Waals surface area contributed by atoms with E-state index >= 15 is 0 Å². The van der Waals surface area contributed by atoms with Gasteiger partial charge in [-0.2, -0.15) is 13.2 Å². The summed E-state index contributed by atoms with van der Waals surface area (Å²) in [4.78, 5) is 14.1. The van der Waals surface area contributed by atoms with E-state index in [9.17, 15) is 26.7 Å². The molecule has 2 heterocycles. The number of carbonyl (C=O) groups is 1. The van der Waals surface area contributed by atoms with Gasteiger partial charge in [0.1, 0.15) is 11.4 Å². The third kappa shape index (κ3) is 3.97. The number of hydrogen-bond donors (Lipinski definition) is 0. The first kappa shape index (κ1) is 22.6. The standard InChI is InChI=1S/C22H15Cl2F5N2O/c1-12-17(13-2-4-14(23)5-3-13)18(20(32)30-10-21(25,26)11-30)31(19(12)22(27,28)29)16-8-6-15(24)7-9-16/h2-9H,10-11H2,1H3. The van der Waals surface area contributed by atoms with Gasteiger partial charge >= 0.3 is 6.18 Å². The van der Waals surface area contributed by atoms with E-state index in [0.29, 0.717) is 15.6 Å². The van der Waals surface area contributed by atoms with Crippen LogP contribution in [-0.4, -0.2) is 34.4 Å². The number of aromatic nitrogens is 1. The average Bonchev–Trinajstić information content (AvgIpc) is 3.00. The normalized spacial score (nSPS) is 15.6.